The van der Waals surface area contributed by atoms with Crippen molar-refractivity contribution in [2.24, 2.45) is 4.99 Å². The second-order valence-electron chi connectivity index (χ2n) is 11.6. The van der Waals surface area contributed by atoms with Gasteiger partial charge in [-0.2, -0.15) is 0 Å². The fourth-order valence-electron chi connectivity index (χ4n) is 6.14. The number of fused-ring (bicyclic) bond motifs is 2. The Bertz CT molecular complexity index is 2470. The highest BCUT2D eigenvalue weighted by Gasteiger charge is 2.33. The Labute approximate surface area is 300 Å². The second-order valence-corrected chi connectivity index (χ2v) is 13.5. The smallest absolute Gasteiger partial charge is 0.271 e. The maximum atomic E-state index is 14.3. The number of thiazole rings is 1. The standard InChI is InChI=1S/C40H32BrN3O5S/c1-24-35(38(45)43-29-15-5-4-6-16-29)36(27-13-10-17-30(22-27)47-2)44-39(46)34(50-40(44)42-24)21-25-19-32(41)37(33(20-25)48-3)49-23-28-14-9-12-26-11-7-8-18-31(26)28/h4-22,36H,23H2,1-3H3,(H,43,45)/b34-21-/t36-/m1/s1. The number of nitrogens with one attached hydrogen (secondary N) is 1. The Hall–Kier alpha value is -5.45. The first-order chi connectivity index (χ1) is 24.3. The molecule has 0 aliphatic carbocycles. The van der Waals surface area contributed by atoms with Gasteiger partial charge in [-0.25, -0.2) is 4.99 Å². The zero-order chi connectivity index (χ0) is 34.8. The predicted molar refractivity (Wildman–Crippen MR) is 201 cm³/mol. The number of halogens is 1. The Kier molecular flexibility index (Phi) is 9.38. The molecule has 0 spiro atoms. The van der Waals surface area contributed by atoms with Crippen LogP contribution in [-0.2, 0) is 11.4 Å². The second kappa shape index (κ2) is 14.2. The van der Waals surface area contributed by atoms with Crippen LogP contribution in [0.25, 0.3) is 16.8 Å². The molecule has 7 rings (SSSR count). The molecule has 1 atom stereocenters. The van der Waals surface area contributed by atoms with E-state index in [-0.39, 0.29) is 11.5 Å². The molecule has 0 radical (unpaired) electrons. The molecule has 1 aromatic heterocycles. The van der Waals surface area contributed by atoms with Crippen LogP contribution in [0.15, 0.2) is 135 Å². The summed E-state index contributed by atoms with van der Waals surface area (Å²) < 4.78 is 20.3. The lowest BCUT2D eigenvalue weighted by Crippen LogP contribution is -2.40. The largest absolute Gasteiger partial charge is 0.497 e. The molecule has 0 saturated heterocycles. The first-order valence-electron chi connectivity index (χ1n) is 15.8. The molecule has 0 unspecified atom stereocenters. The molecule has 1 aliphatic heterocycles. The summed E-state index contributed by atoms with van der Waals surface area (Å²) in [5, 5.41) is 5.25. The molecule has 250 valence electrons. The third kappa shape index (κ3) is 6.47. The van der Waals surface area contributed by atoms with Crippen LogP contribution in [0.3, 0.4) is 0 Å². The molecule has 50 heavy (non-hydrogen) atoms. The molecular formula is C40H32BrN3O5S. The highest BCUT2D eigenvalue weighted by molar-refractivity contribution is 9.10. The summed E-state index contributed by atoms with van der Waals surface area (Å²) in [7, 11) is 3.17. The summed E-state index contributed by atoms with van der Waals surface area (Å²) in [4.78, 5) is 33.4. The van der Waals surface area contributed by atoms with Crippen molar-refractivity contribution in [2.75, 3.05) is 19.5 Å². The molecule has 6 aromatic rings. The number of methoxy groups -OCH3 is 2. The van der Waals surface area contributed by atoms with Gasteiger partial charge in [0.05, 0.1) is 40.5 Å². The molecule has 1 aliphatic rings. The van der Waals surface area contributed by atoms with Gasteiger partial charge in [0.2, 0.25) is 0 Å². The minimum atomic E-state index is -0.738. The van der Waals surface area contributed by atoms with Crippen LogP contribution in [0.4, 0.5) is 5.69 Å². The highest BCUT2D eigenvalue weighted by atomic mass is 79.9. The van der Waals surface area contributed by atoms with Gasteiger partial charge in [0, 0.05) is 5.69 Å². The highest BCUT2D eigenvalue weighted by Crippen LogP contribution is 2.38. The number of benzene rings is 5. The van der Waals surface area contributed by atoms with Gasteiger partial charge in [0.1, 0.15) is 12.4 Å². The van der Waals surface area contributed by atoms with Gasteiger partial charge >= 0.3 is 0 Å². The molecule has 0 fully saturated rings. The van der Waals surface area contributed by atoms with Gasteiger partial charge in [-0.05, 0) is 92.8 Å². The Morgan fingerprint density at radius 2 is 1.70 bits per heavy atom. The molecule has 2 heterocycles. The van der Waals surface area contributed by atoms with Crippen molar-refractivity contribution in [3.8, 4) is 17.2 Å². The normalized spacial score (nSPS) is 14.2. The van der Waals surface area contributed by atoms with Crippen LogP contribution in [0, 0.1) is 0 Å². The van der Waals surface area contributed by atoms with Gasteiger partial charge in [-0.1, -0.05) is 84.1 Å². The summed E-state index contributed by atoms with van der Waals surface area (Å²) in [6.45, 7) is 2.14. The van der Waals surface area contributed by atoms with E-state index in [9.17, 15) is 9.59 Å². The summed E-state index contributed by atoms with van der Waals surface area (Å²) in [5.41, 5.74) is 3.78. The zero-order valence-corrected chi connectivity index (χ0v) is 29.9. The summed E-state index contributed by atoms with van der Waals surface area (Å²) in [6, 6.07) is 33.9. The van der Waals surface area contributed by atoms with Crippen molar-refractivity contribution in [2.45, 2.75) is 19.6 Å². The monoisotopic (exact) mass is 745 g/mol. The maximum absolute atomic E-state index is 14.3. The number of rotatable bonds is 9. The van der Waals surface area contributed by atoms with Crippen molar-refractivity contribution in [1.82, 2.24) is 4.57 Å². The number of ether oxygens (including phenoxy) is 3. The van der Waals surface area contributed by atoms with E-state index >= 15 is 0 Å². The van der Waals surface area contributed by atoms with Crippen molar-refractivity contribution < 1.29 is 19.0 Å². The van der Waals surface area contributed by atoms with E-state index in [0.29, 0.717) is 54.6 Å². The fraction of sp³-hybridized carbons (Fsp3) is 0.125. The molecular weight excluding hydrogens is 714 g/mol. The number of amides is 1. The van der Waals surface area contributed by atoms with Crippen molar-refractivity contribution >= 4 is 55.7 Å². The summed E-state index contributed by atoms with van der Waals surface area (Å²) in [6.07, 6.45) is 1.80. The van der Waals surface area contributed by atoms with Gasteiger partial charge < -0.3 is 19.5 Å². The van der Waals surface area contributed by atoms with E-state index in [4.69, 9.17) is 19.2 Å². The lowest BCUT2D eigenvalue weighted by molar-refractivity contribution is -0.113. The third-order valence-corrected chi connectivity index (χ3v) is 10.1. The Balaban J connectivity index is 1.27. The van der Waals surface area contributed by atoms with E-state index < -0.39 is 6.04 Å². The van der Waals surface area contributed by atoms with Gasteiger partial charge in [0.25, 0.3) is 11.5 Å². The molecule has 0 bridgehead atoms. The number of allylic oxidation sites excluding steroid dienone is 1. The topological polar surface area (TPSA) is 91.2 Å². The number of carbonyl (C=O) groups excluding carboxylic acids is 1. The minimum absolute atomic E-state index is 0.273. The lowest BCUT2D eigenvalue weighted by atomic mass is 9.95. The van der Waals surface area contributed by atoms with Crippen LogP contribution in [0.1, 0.15) is 29.7 Å². The fourth-order valence-corrected chi connectivity index (χ4v) is 7.76. The molecule has 1 amide bonds. The van der Waals surface area contributed by atoms with Crippen molar-refractivity contribution in [3.05, 3.63) is 161 Å². The number of nitrogens with zero attached hydrogens (tertiary/aromatic N) is 2. The number of carbonyl (C=O) groups is 1. The van der Waals surface area contributed by atoms with E-state index in [1.165, 1.54) is 11.3 Å². The van der Waals surface area contributed by atoms with E-state index in [2.05, 4.69) is 39.4 Å². The van der Waals surface area contributed by atoms with Gasteiger partial charge in [-0.3, -0.25) is 14.2 Å². The quantitative estimate of drug-likeness (QED) is 0.167. The molecule has 8 nitrogen and oxygen atoms in total. The van der Waals surface area contributed by atoms with E-state index in [0.717, 1.165) is 27.5 Å². The van der Waals surface area contributed by atoms with Crippen LogP contribution in [-0.4, -0.2) is 24.7 Å². The third-order valence-electron chi connectivity index (χ3n) is 8.51. The first kappa shape index (κ1) is 33.1. The first-order valence-corrected chi connectivity index (χ1v) is 17.5. The van der Waals surface area contributed by atoms with Crippen LogP contribution >= 0.6 is 27.3 Å². The number of para-hydroxylation sites is 1. The average molecular weight is 747 g/mol. The SMILES string of the molecule is COc1cccc([C@@H]2C(C(=O)Nc3ccccc3)=C(C)N=c3s/c(=C\c4cc(Br)c(OCc5cccc6ccccc56)c(OC)c4)c(=O)n32)c1. The van der Waals surface area contributed by atoms with E-state index in [1.807, 2.05) is 91.0 Å². The van der Waals surface area contributed by atoms with Crippen molar-refractivity contribution in [1.29, 1.82) is 0 Å². The maximum Gasteiger partial charge on any atom is 0.271 e. The van der Waals surface area contributed by atoms with E-state index in [1.54, 1.807) is 31.8 Å². The van der Waals surface area contributed by atoms with Crippen LogP contribution in [0.5, 0.6) is 17.2 Å². The minimum Gasteiger partial charge on any atom is -0.497 e. The zero-order valence-electron chi connectivity index (χ0n) is 27.5. The number of hydrogen-bond acceptors (Lipinski definition) is 7. The molecule has 5 aromatic carbocycles. The molecule has 10 heteroatoms. The average Bonchev–Trinajstić information content (AvgIpc) is 3.43. The summed E-state index contributed by atoms with van der Waals surface area (Å²) in [5.74, 6) is 1.35. The predicted octanol–water partition coefficient (Wildman–Crippen LogP) is 7.39. The number of hydrogen-bond donors (Lipinski definition) is 1. The molecule has 1 N–H and O–H groups in total. The summed E-state index contributed by atoms with van der Waals surface area (Å²) >= 11 is 4.94. The van der Waals surface area contributed by atoms with Crippen LogP contribution < -0.4 is 34.4 Å². The van der Waals surface area contributed by atoms with Gasteiger partial charge in [-0.15, -0.1) is 0 Å². The number of anilines is 1. The lowest BCUT2D eigenvalue weighted by Gasteiger charge is -2.25. The van der Waals surface area contributed by atoms with Gasteiger partial charge in [0.15, 0.2) is 16.3 Å². The Morgan fingerprint density at radius 1 is 0.940 bits per heavy atom. The van der Waals surface area contributed by atoms with Crippen molar-refractivity contribution in [3.63, 3.8) is 0 Å². The van der Waals surface area contributed by atoms with Crippen LogP contribution in [0.2, 0.25) is 0 Å². The Morgan fingerprint density at radius 3 is 2.50 bits per heavy atom. The molecule has 0 saturated carbocycles. The number of aromatic nitrogens is 1.